The van der Waals surface area contributed by atoms with Gasteiger partial charge >= 0.3 is 11.9 Å². The van der Waals surface area contributed by atoms with Crippen molar-refractivity contribution in [1.82, 2.24) is 24.8 Å². The van der Waals surface area contributed by atoms with E-state index in [0.717, 1.165) is 11.9 Å². The first kappa shape index (κ1) is 17.9. The number of hydrogen-bond donors (Lipinski definition) is 1. The summed E-state index contributed by atoms with van der Waals surface area (Å²) in [6.45, 7) is -0.321. The number of thiophene rings is 1. The predicted molar refractivity (Wildman–Crippen MR) is 84.6 cm³/mol. The molecular weight excluding hydrogens is 375 g/mol. The normalized spacial score (nSPS) is 11.7. The molecule has 0 spiro atoms. The van der Waals surface area contributed by atoms with E-state index in [2.05, 4.69) is 15.6 Å². The minimum Gasteiger partial charge on any atom is -0.355 e. The first-order valence-electron chi connectivity index (χ1n) is 7.27. The molecule has 3 aromatic heterocycles. The minimum absolute atomic E-state index is 0.0257. The van der Waals surface area contributed by atoms with Gasteiger partial charge < -0.3 is 9.84 Å². The quantitative estimate of drug-likeness (QED) is 0.720. The van der Waals surface area contributed by atoms with Crippen LogP contribution in [0.1, 0.15) is 16.3 Å². The SMILES string of the molecule is Cn1c(C(F)(F)F)nn(CCNC(=O)c2cc(-c3cccs3)on2)c1=O. The molecular formula is C14H12F3N5O3S. The highest BCUT2D eigenvalue weighted by Gasteiger charge is 2.37. The molecule has 0 saturated heterocycles. The van der Waals surface area contributed by atoms with Crippen molar-refractivity contribution < 1.29 is 22.5 Å². The third kappa shape index (κ3) is 3.54. The Bertz CT molecular complexity index is 971. The molecule has 0 atom stereocenters. The summed E-state index contributed by atoms with van der Waals surface area (Å²) in [6, 6.07) is 5.08. The first-order valence-corrected chi connectivity index (χ1v) is 8.15. The van der Waals surface area contributed by atoms with Crippen molar-refractivity contribution in [2.75, 3.05) is 6.54 Å². The summed E-state index contributed by atoms with van der Waals surface area (Å²) in [5.41, 5.74) is -0.897. The van der Waals surface area contributed by atoms with Gasteiger partial charge in [0.2, 0.25) is 5.82 Å². The second-order valence-electron chi connectivity index (χ2n) is 5.20. The van der Waals surface area contributed by atoms with Crippen LogP contribution < -0.4 is 11.0 Å². The van der Waals surface area contributed by atoms with Gasteiger partial charge in [0.1, 0.15) is 0 Å². The summed E-state index contributed by atoms with van der Waals surface area (Å²) < 4.78 is 44.3. The molecule has 1 N–H and O–H groups in total. The van der Waals surface area contributed by atoms with Crippen molar-refractivity contribution in [3.63, 3.8) is 0 Å². The molecule has 0 bridgehead atoms. The van der Waals surface area contributed by atoms with Crippen molar-refractivity contribution in [2.45, 2.75) is 12.7 Å². The molecule has 0 radical (unpaired) electrons. The standard InChI is InChI=1S/C14H12F3N5O3S/c1-21-12(14(15,16)17)19-22(13(21)24)5-4-18-11(23)8-7-9(25-20-8)10-3-2-6-26-10/h2-3,6-7H,4-5H2,1H3,(H,18,23). The van der Waals surface area contributed by atoms with Crippen molar-refractivity contribution in [3.05, 3.63) is 45.6 Å². The van der Waals surface area contributed by atoms with E-state index in [1.165, 1.54) is 17.4 Å². The van der Waals surface area contributed by atoms with E-state index in [9.17, 15) is 22.8 Å². The van der Waals surface area contributed by atoms with Gasteiger partial charge in [0.25, 0.3) is 5.91 Å². The van der Waals surface area contributed by atoms with E-state index < -0.39 is 23.6 Å². The molecule has 138 valence electrons. The van der Waals surface area contributed by atoms with Gasteiger partial charge in [-0.2, -0.15) is 13.2 Å². The largest absolute Gasteiger partial charge is 0.451 e. The number of hydrogen-bond acceptors (Lipinski definition) is 6. The fourth-order valence-electron chi connectivity index (χ4n) is 2.16. The Morgan fingerprint density at radius 3 is 2.81 bits per heavy atom. The first-order chi connectivity index (χ1) is 12.3. The number of carbonyl (C=O) groups excluding carboxylic acids is 1. The van der Waals surface area contributed by atoms with Gasteiger partial charge in [-0.3, -0.25) is 9.36 Å². The predicted octanol–water partition coefficient (Wildman–Crippen LogP) is 1.75. The Balaban J connectivity index is 1.62. The fraction of sp³-hybridized carbons (Fsp3) is 0.286. The van der Waals surface area contributed by atoms with Crippen molar-refractivity contribution in [1.29, 1.82) is 0 Å². The third-order valence-electron chi connectivity index (χ3n) is 3.41. The summed E-state index contributed by atoms with van der Waals surface area (Å²) in [5.74, 6) is -1.44. The Kier molecular flexibility index (Phi) is 4.68. The lowest BCUT2D eigenvalue weighted by atomic mass is 10.3. The summed E-state index contributed by atoms with van der Waals surface area (Å²) in [6.07, 6.45) is -4.73. The maximum Gasteiger partial charge on any atom is 0.451 e. The van der Waals surface area contributed by atoms with Crippen LogP contribution >= 0.6 is 11.3 Å². The number of rotatable bonds is 5. The lowest BCUT2D eigenvalue weighted by Gasteiger charge is -2.03. The highest BCUT2D eigenvalue weighted by Crippen LogP contribution is 2.26. The minimum atomic E-state index is -4.73. The van der Waals surface area contributed by atoms with Crippen LogP contribution in [0.4, 0.5) is 13.2 Å². The summed E-state index contributed by atoms with van der Waals surface area (Å²) in [5, 5.41) is 11.2. The number of nitrogens with zero attached hydrogens (tertiary/aromatic N) is 4. The lowest BCUT2D eigenvalue weighted by molar-refractivity contribution is -0.147. The second kappa shape index (κ2) is 6.78. The molecule has 0 aliphatic heterocycles. The van der Waals surface area contributed by atoms with E-state index >= 15 is 0 Å². The number of alkyl halides is 3. The van der Waals surface area contributed by atoms with Gasteiger partial charge in [0.05, 0.1) is 11.4 Å². The number of nitrogens with one attached hydrogen (secondary N) is 1. The average Bonchev–Trinajstić information content (AvgIpc) is 3.29. The second-order valence-corrected chi connectivity index (χ2v) is 6.14. The van der Waals surface area contributed by atoms with Gasteiger partial charge in [-0.15, -0.1) is 16.4 Å². The smallest absolute Gasteiger partial charge is 0.355 e. The molecule has 0 aliphatic carbocycles. The zero-order valence-electron chi connectivity index (χ0n) is 13.3. The highest BCUT2D eigenvalue weighted by molar-refractivity contribution is 7.13. The molecule has 8 nitrogen and oxygen atoms in total. The monoisotopic (exact) mass is 387 g/mol. The number of amides is 1. The third-order valence-corrected chi connectivity index (χ3v) is 4.29. The highest BCUT2D eigenvalue weighted by atomic mass is 32.1. The lowest BCUT2D eigenvalue weighted by Crippen LogP contribution is -2.32. The van der Waals surface area contributed by atoms with Crippen LogP contribution in [0.3, 0.4) is 0 Å². The molecule has 0 aromatic carbocycles. The Morgan fingerprint density at radius 1 is 1.42 bits per heavy atom. The maximum atomic E-state index is 12.7. The summed E-state index contributed by atoms with van der Waals surface area (Å²) in [4.78, 5) is 24.6. The van der Waals surface area contributed by atoms with Crippen LogP contribution in [0.15, 0.2) is 32.9 Å². The molecule has 26 heavy (non-hydrogen) atoms. The maximum absolute atomic E-state index is 12.7. The van der Waals surface area contributed by atoms with Gasteiger partial charge in [-0.05, 0) is 11.4 Å². The van der Waals surface area contributed by atoms with Crippen LogP contribution in [0.25, 0.3) is 10.6 Å². The van der Waals surface area contributed by atoms with Crippen molar-refractivity contribution >= 4 is 17.2 Å². The fourth-order valence-corrected chi connectivity index (χ4v) is 2.84. The van der Waals surface area contributed by atoms with Crippen LogP contribution in [-0.4, -0.2) is 32.0 Å². The molecule has 0 aliphatic rings. The molecule has 12 heteroatoms. The Labute approximate surface area is 147 Å². The number of carbonyl (C=O) groups is 1. The number of aromatic nitrogens is 4. The molecule has 3 rings (SSSR count). The van der Waals surface area contributed by atoms with E-state index in [1.54, 1.807) is 6.07 Å². The molecule has 0 unspecified atom stereocenters. The van der Waals surface area contributed by atoms with Gasteiger partial charge in [-0.1, -0.05) is 11.2 Å². The van der Waals surface area contributed by atoms with Crippen molar-refractivity contribution in [3.8, 4) is 10.6 Å². The summed E-state index contributed by atoms with van der Waals surface area (Å²) >= 11 is 1.42. The molecule has 3 aromatic rings. The van der Waals surface area contributed by atoms with Crippen LogP contribution in [-0.2, 0) is 19.8 Å². The van der Waals surface area contributed by atoms with Crippen molar-refractivity contribution in [2.24, 2.45) is 7.05 Å². The van der Waals surface area contributed by atoms with Crippen LogP contribution in [0, 0.1) is 0 Å². The average molecular weight is 387 g/mol. The van der Waals surface area contributed by atoms with E-state index in [0.29, 0.717) is 15.0 Å². The van der Waals surface area contributed by atoms with Crippen LogP contribution in [0.2, 0.25) is 0 Å². The van der Waals surface area contributed by atoms with E-state index in [4.69, 9.17) is 4.52 Å². The van der Waals surface area contributed by atoms with E-state index in [1.807, 2.05) is 11.4 Å². The van der Waals surface area contributed by atoms with Crippen LogP contribution in [0.5, 0.6) is 0 Å². The molecule has 3 heterocycles. The van der Waals surface area contributed by atoms with Gasteiger partial charge in [-0.25, -0.2) is 9.48 Å². The zero-order chi connectivity index (χ0) is 18.9. The zero-order valence-corrected chi connectivity index (χ0v) is 14.1. The summed E-state index contributed by atoms with van der Waals surface area (Å²) in [7, 11) is 0.981. The number of halogens is 3. The molecule has 0 fully saturated rings. The molecule has 1 amide bonds. The van der Waals surface area contributed by atoms with E-state index in [-0.39, 0.29) is 18.8 Å². The molecule has 0 saturated carbocycles. The Morgan fingerprint density at radius 2 is 2.19 bits per heavy atom. The topological polar surface area (TPSA) is 95.0 Å². The van der Waals surface area contributed by atoms with Gasteiger partial charge in [0.15, 0.2) is 11.5 Å². The Hall–Kier alpha value is -2.89. The van der Waals surface area contributed by atoms with Gasteiger partial charge in [0, 0.05) is 19.7 Å².